The van der Waals surface area contributed by atoms with Crippen LogP contribution < -0.4 is 0 Å². The van der Waals surface area contributed by atoms with Crippen molar-refractivity contribution in [1.29, 1.82) is 0 Å². The molecule has 0 spiro atoms. The average molecular weight is 202 g/mol. The number of aliphatic hydroxyl groups excluding tert-OH is 1. The lowest BCUT2D eigenvalue weighted by molar-refractivity contribution is 0.0129. The highest BCUT2D eigenvalue weighted by Crippen LogP contribution is 2.12. The first-order valence-electron chi connectivity index (χ1n) is 5.23. The van der Waals surface area contributed by atoms with Gasteiger partial charge in [-0.3, -0.25) is 9.80 Å². The van der Waals surface area contributed by atoms with E-state index in [0.29, 0.717) is 6.04 Å². The second-order valence-corrected chi connectivity index (χ2v) is 4.11. The highest BCUT2D eigenvalue weighted by Gasteiger charge is 2.28. The van der Waals surface area contributed by atoms with E-state index in [1.54, 1.807) is 7.11 Å². The molecule has 1 saturated heterocycles. The second-order valence-electron chi connectivity index (χ2n) is 4.11. The SMILES string of the molecule is COCCN1CC(CO)N(C)CC1C. The first-order valence-corrected chi connectivity index (χ1v) is 5.23. The molecule has 0 bridgehead atoms. The summed E-state index contributed by atoms with van der Waals surface area (Å²) in [5.74, 6) is 0. The van der Waals surface area contributed by atoms with Gasteiger partial charge in [-0.1, -0.05) is 0 Å². The standard InChI is InChI=1S/C10H22N2O2/c1-9-6-11(2)10(8-13)7-12(9)4-5-14-3/h9-10,13H,4-8H2,1-3H3. The van der Waals surface area contributed by atoms with E-state index in [1.807, 2.05) is 0 Å². The summed E-state index contributed by atoms with van der Waals surface area (Å²) >= 11 is 0. The fourth-order valence-electron chi connectivity index (χ4n) is 1.99. The van der Waals surface area contributed by atoms with Crippen molar-refractivity contribution in [2.24, 2.45) is 0 Å². The Labute approximate surface area is 86.4 Å². The monoisotopic (exact) mass is 202 g/mol. The number of hydrogen-bond acceptors (Lipinski definition) is 4. The van der Waals surface area contributed by atoms with Crippen LogP contribution in [0.15, 0.2) is 0 Å². The Balaban J connectivity index is 2.42. The van der Waals surface area contributed by atoms with Crippen LogP contribution in [-0.4, -0.2) is 74.0 Å². The first kappa shape index (κ1) is 11.9. The normalized spacial score (nSPS) is 30.9. The molecule has 0 aliphatic carbocycles. The van der Waals surface area contributed by atoms with Crippen molar-refractivity contribution in [3.8, 4) is 0 Å². The number of hydrogen-bond donors (Lipinski definition) is 1. The van der Waals surface area contributed by atoms with Crippen molar-refractivity contribution >= 4 is 0 Å². The summed E-state index contributed by atoms with van der Waals surface area (Å²) in [7, 11) is 3.80. The molecule has 14 heavy (non-hydrogen) atoms. The van der Waals surface area contributed by atoms with Crippen molar-refractivity contribution in [3.63, 3.8) is 0 Å². The maximum atomic E-state index is 9.19. The van der Waals surface area contributed by atoms with Gasteiger partial charge in [-0.15, -0.1) is 0 Å². The number of piperazine rings is 1. The zero-order chi connectivity index (χ0) is 10.6. The van der Waals surface area contributed by atoms with Gasteiger partial charge >= 0.3 is 0 Å². The molecule has 4 nitrogen and oxygen atoms in total. The van der Waals surface area contributed by atoms with Gasteiger partial charge in [0.25, 0.3) is 0 Å². The molecule has 1 aliphatic rings. The van der Waals surface area contributed by atoms with Gasteiger partial charge in [0.05, 0.1) is 13.2 Å². The molecule has 0 aromatic rings. The van der Waals surface area contributed by atoms with Crippen LogP contribution in [0.2, 0.25) is 0 Å². The fourth-order valence-corrected chi connectivity index (χ4v) is 1.99. The van der Waals surface area contributed by atoms with Crippen molar-refractivity contribution in [2.45, 2.75) is 19.0 Å². The zero-order valence-corrected chi connectivity index (χ0v) is 9.44. The predicted molar refractivity (Wildman–Crippen MR) is 56.4 cm³/mol. The van der Waals surface area contributed by atoms with E-state index in [-0.39, 0.29) is 12.6 Å². The number of aliphatic hydroxyl groups is 1. The lowest BCUT2D eigenvalue weighted by Crippen LogP contribution is -2.57. The van der Waals surface area contributed by atoms with Crippen LogP contribution in [0.1, 0.15) is 6.92 Å². The van der Waals surface area contributed by atoms with Crippen molar-refractivity contribution < 1.29 is 9.84 Å². The third-order valence-electron chi connectivity index (χ3n) is 3.04. The summed E-state index contributed by atoms with van der Waals surface area (Å²) in [5, 5.41) is 9.19. The quantitative estimate of drug-likeness (QED) is 0.675. The molecular formula is C10H22N2O2. The Morgan fingerprint density at radius 1 is 1.43 bits per heavy atom. The lowest BCUT2D eigenvalue weighted by atomic mass is 10.1. The van der Waals surface area contributed by atoms with Crippen LogP contribution in [-0.2, 0) is 4.74 Å². The molecule has 0 aromatic carbocycles. The van der Waals surface area contributed by atoms with Gasteiger partial charge < -0.3 is 9.84 Å². The highest BCUT2D eigenvalue weighted by atomic mass is 16.5. The molecule has 0 saturated carbocycles. The molecule has 0 aromatic heterocycles. The minimum atomic E-state index is 0.243. The summed E-state index contributed by atoms with van der Waals surface area (Å²) in [6.45, 7) is 6.16. The minimum absolute atomic E-state index is 0.243. The van der Waals surface area contributed by atoms with Gasteiger partial charge in [0, 0.05) is 38.8 Å². The van der Waals surface area contributed by atoms with Crippen molar-refractivity contribution in [3.05, 3.63) is 0 Å². The third kappa shape index (κ3) is 2.92. The molecule has 4 heteroatoms. The lowest BCUT2D eigenvalue weighted by Gasteiger charge is -2.43. The Morgan fingerprint density at radius 3 is 2.71 bits per heavy atom. The molecule has 1 rings (SSSR count). The van der Waals surface area contributed by atoms with Crippen LogP contribution in [0.4, 0.5) is 0 Å². The van der Waals surface area contributed by atoms with Crippen LogP contribution >= 0.6 is 0 Å². The first-order chi connectivity index (χ1) is 6.69. The van der Waals surface area contributed by atoms with E-state index in [9.17, 15) is 5.11 Å². The molecular weight excluding hydrogens is 180 g/mol. The largest absolute Gasteiger partial charge is 0.395 e. The smallest absolute Gasteiger partial charge is 0.0599 e. The molecule has 0 amide bonds. The Hall–Kier alpha value is -0.160. The van der Waals surface area contributed by atoms with Crippen molar-refractivity contribution in [1.82, 2.24) is 9.80 Å². The molecule has 0 radical (unpaired) electrons. The number of rotatable bonds is 4. The van der Waals surface area contributed by atoms with E-state index in [0.717, 1.165) is 26.2 Å². The topological polar surface area (TPSA) is 35.9 Å². The van der Waals surface area contributed by atoms with E-state index >= 15 is 0 Å². The molecule has 1 fully saturated rings. The predicted octanol–water partition coefficient (Wildman–Crippen LogP) is -0.370. The summed E-state index contributed by atoms with van der Waals surface area (Å²) in [6.07, 6.45) is 0. The van der Waals surface area contributed by atoms with Crippen LogP contribution in [0.3, 0.4) is 0 Å². The van der Waals surface area contributed by atoms with Gasteiger partial charge in [-0.25, -0.2) is 0 Å². The molecule has 84 valence electrons. The van der Waals surface area contributed by atoms with Crippen LogP contribution in [0, 0.1) is 0 Å². The van der Waals surface area contributed by atoms with Crippen LogP contribution in [0.5, 0.6) is 0 Å². The van der Waals surface area contributed by atoms with Gasteiger partial charge in [0.2, 0.25) is 0 Å². The van der Waals surface area contributed by atoms with E-state index in [1.165, 1.54) is 0 Å². The van der Waals surface area contributed by atoms with Gasteiger partial charge in [-0.05, 0) is 14.0 Å². The Morgan fingerprint density at radius 2 is 2.14 bits per heavy atom. The van der Waals surface area contributed by atoms with Crippen LogP contribution in [0.25, 0.3) is 0 Å². The molecule has 2 atom stereocenters. The van der Waals surface area contributed by atoms with Gasteiger partial charge in [0.15, 0.2) is 0 Å². The maximum Gasteiger partial charge on any atom is 0.0599 e. The van der Waals surface area contributed by atoms with Gasteiger partial charge in [0.1, 0.15) is 0 Å². The molecule has 1 N–H and O–H groups in total. The number of methoxy groups -OCH3 is 1. The summed E-state index contributed by atoms with van der Waals surface area (Å²) in [6, 6.07) is 0.834. The number of nitrogens with zero attached hydrogens (tertiary/aromatic N) is 2. The number of likely N-dealkylation sites (N-methyl/N-ethyl adjacent to an activating group) is 1. The summed E-state index contributed by atoms with van der Waals surface area (Å²) in [5.41, 5.74) is 0. The molecule has 2 unspecified atom stereocenters. The van der Waals surface area contributed by atoms with Crippen molar-refractivity contribution in [2.75, 3.05) is 47.0 Å². The Bertz CT molecular complexity index is 166. The van der Waals surface area contributed by atoms with E-state index in [4.69, 9.17) is 4.74 Å². The highest BCUT2D eigenvalue weighted by molar-refractivity contribution is 4.84. The molecule has 1 aliphatic heterocycles. The third-order valence-corrected chi connectivity index (χ3v) is 3.04. The fraction of sp³-hybridized carbons (Fsp3) is 1.00. The summed E-state index contributed by atoms with van der Waals surface area (Å²) < 4.78 is 5.07. The second kappa shape index (κ2) is 5.66. The van der Waals surface area contributed by atoms with E-state index < -0.39 is 0 Å². The van der Waals surface area contributed by atoms with Gasteiger partial charge in [-0.2, -0.15) is 0 Å². The average Bonchev–Trinajstić information content (AvgIpc) is 2.17. The van der Waals surface area contributed by atoms with E-state index in [2.05, 4.69) is 23.8 Å². The summed E-state index contributed by atoms with van der Waals surface area (Å²) in [4.78, 5) is 4.61. The zero-order valence-electron chi connectivity index (χ0n) is 9.44. The molecule has 1 heterocycles. The minimum Gasteiger partial charge on any atom is -0.395 e. The number of ether oxygens (including phenoxy) is 1. The Kier molecular flexibility index (Phi) is 4.81. The maximum absolute atomic E-state index is 9.19.